The zero-order valence-electron chi connectivity index (χ0n) is 22.9. The Hall–Kier alpha value is -2.92. The number of amides is 2. The Balaban J connectivity index is 1.67. The third-order valence-corrected chi connectivity index (χ3v) is 9.95. The number of anilines is 1. The van der Waals surface area contributed by atoms with E-state index in [0.29, 0.717) is 5.69 Å². The summed E-state index contributed by atoms with van der Waals surface area (Å²) >= 11 is 2.15. The summed E-state index contributed by atoms with van der Waals surface area (Å²) < 4.78 is 29.7. The number of hydrogen-bond donors (Lipinski definition) is 1. The number of sulfonamides is 1. The minimum atomic E-state index is -4.06. The van der Waals surface area contributed by atoms with Crippen LogP contribution >= 0.6 is 22.6 Å². The second-order valence-electron chi connectivity index (χ2n) is 10.3. The Bertz CT molecular complexity index is 1410. The van der Waals surface area contributed by atoms with Crippen LogP contribution in [0.3, 0.4) is 0 Å². The maximum absolute atomic E-state index is 14.1. The molecule has 1 atom stereocenters. The lowest BCUT2D eigenvalue weighted by molar-refractivity contribution is -0.139. The molecule has 0 unspecified atom stereocenters. The lowest BCUT2D eigenvalue weighted by Gasteiger charge is -2.33. The van der Waals surface area contributed by atoms with Crippen LogP contribution in [0.25, 0.3) is 0 Å². The maximum Gasteiger partial charge on any atom is 0.264 e. The number of rotatable bonds is 10. The molecule has 4 rings (SSSR count). The standard InChI is InChI=1S/C31H36IN3O4S/c1-23-11-9-10-12-25(23)21-34(24(2)31(37)33-27-13-5-3-6-14-27)30(36)22-35(28-19-17-26(32)18-20-28)40(38,39)29-15-7-4-8-16-29/h4,7-12,15-20,24,27H,3,5-6,13-14,21-22H2,1-2H3,(H,33,37)/t24-/m1/s1. The fourth-order valence-electron chi connectivity index (χ4n) is 4.98. The van der Waals surface area contributed by atoms with Crippen LogP contribution in [0, 0.1) is 10.5 Å². The molecule has 3 aromatic carbocycles. The van der Waals surface area contributed by atoms with Crippen LogP contribution in [0.4, 0.5) is 5.69 Å². The highest BCUT2D eigenvalue weighted by Gasteiger charge is 2.33. The van der Waals surface area contributed by atoms with Gasteiger partial charge in [-0.25, -0.2) is 8.42 Å². The van der Waals surface area contributed by atoms with Gasteiger partial charge >= 0.3 is 0 Å². The minimum Gasteiger partial charge on any atom is -0.352 e. The molecule has 1 aliphatic carbocycles. The lowest BCUT2D eigenvalue weighted by atomic mass is 9.95. The summed E-state index contributed by atoms with van der Waals surface area (Å²) in [6.07, 6.45) is 5.19. The molecule has 0 bridgehead atoms. The molecule has 0 radical (unpaired) electrons. The average Bonchev–Trinajstić information content (AvgIpc) is 2.96. The van der Waals surface area contributed by atoms with Crippen LogP contribution in [0.2, 0.25) is 0 Å². The molecule has 2 amide bonds. The van der Waals surface area contributed by atoms with Crippen molar-refractivity contribution in [3.63, 3.8) is 0 Å². The van der Waals surface area contributed by atoms with Crippen molar-refractivity contribution in [2.45, 2.75) is 69.5 Å². The molecule has 1 saturated carbocycles. The molecule has 1 N–H and O–H groups in total. The van der Waals surface area contributed by atoms with Crippen LogP contribution in [0.5, 0.6) is 0 Å². The van der Waals surface area contributed by atoms with E-state index in [4.69, 9.17) is 0 Å². The predicted molar refractivity (Wildman–Crippen MR) is 166 cm³/mol. The van der Waals surface area contributed by atoms with Crippen LogP contribution in [-0.2, 0) is 26.2 Å². The normalized spacial score (nSPS) is 14.8. The highest BCUT2D eigenvalue weighted by molar-refractivity contribution is 14.1. The number of hydrogen-bond acceptors (Lipinski definition) is 4. The van der Waals surface area contributed by atoms with Gasteiger partial charge in [0.2, 0.25) is 11.8 Å². The summed E-state index contributed by atoms with van der Waals surface area (Å²) in [5.41, 5.74) is 2.28. The van der Waals surface area contributed by atoms with Gasteiger partial charge in [0.25, 0.3) is 10.0 Å². The van der Waals surface area contributed by atoms with Gasteiger partial charge in [-0.05, 0) is 96.8 Å². The zero-order chi connectivity index (χ0) is 28.7. The highest BCUT2D eigenvalue weighted by Crippen LogP contribution is 2.26. The highest BCUT2D eigenvalue weighted by atomic mass is 127. The van der Waals surface area contributed by atoms with Gasteiger partial charge in [0.1, 0.15) is 12.6 Å². The monoisotopic (exact) mass is 673 g/mol. The molecule has 0 saturated heterocycles. The minimum absolute atomic E-state index is 0.0925. The smallest absolute Gasteiger partial charge is 0.264 e. The SMILES string of the molecule is Cc1ccccc1CN(C(=O)CN(c1ccc(I)cc1)S(=O)(=O)c1ccccc1)[C@H](C)C(=O)NC1CCCCC1. The number of carbonyl (C=O) groups is 2. The molecule has 212 valence electrons. The van der Waals surface area contributed by atoms with Crippen molar-refractivity contribution in [1.29, 1.82) is 0 Å². The average molecular weight is 674 g/mol. The van der Waals surface area contributed by atoms with E-state index in [1.54, 1.807) is 49.4 Å². The third-order valence-electron chi connectivity index (χ3n) is 7.45. The molecule has 1 fully saturated rings. The molecule has 9 heteroatoms. The van der Waals surface area contributed by atoms with E-state index < -0.39 is 28.5 Å². The summed E-state index contributed by atoms with van der Waals surface area (Å²) in [4.78, 5) is 29.1. The first-order chi connectivity index (χ1) is 19.2. The van der Waals surface area contributed by atoms with Crippen LogP contribution < -0.4 is 9.62 Å². The fraction of sp³-hybridized carbons (Fsp3) is 0.355. The van der Waals surface area contributed by atoms with Crippen molar-refractivity contribution in [1.82, 2.24) is 10.2 Å². The van der Waals surface area contributed by atoms with Gasteiger partial charge in [-0.3, -0.25) is 13.9 Å². The van der Waals surface area contributed by atoms with Gasteiger partial charge < -0.3 is 10.2 Å². The van der Waals surface area contributed by atoms with Crippen molar-refractivity contribution in [3.05, 3.63) is 93.6 Å². The van der Waals surface area contributed by atoms with E-state index in [-0.39, 0.29) is 23.4 Å². The fourth-order valence-corrected chi connectivity index (χ4v) is 6.77. The molecule has 0 aromatic heterocycles. The number of carbonyl (C=O) groups excluding carboxylic acids is 2. The van der Waals surface area contributed by atoms with E-state index >= 15 is 0 Å². The van der Waals surface area contributed by atoms with Crippen LogP contribution in [0.1, 0.15) is 50.2 Å². The Labute approximate surface area is 251 Å². The predicted octanol–water partition coefficient (Wildman–Crippen LogP) is 5.66. The van der Waals surface area contributed by atoms with E-state index in [0.717, 1.165) is 44.7 Å². The molecule has 3 aromatic rings. The van der Waals surface area contributed by atoms with E-state index in [1.807, 2.05) is 31.2 Å². The summed E-state index contributed by atoms with van der Waals surface area (Å²) in [6, 6.07) is 22.1. The Morgan fingerprint density at radius 2 is 1.55 bits per heavy atom. The summed E-state index contributed by atoms with van der Waals surface area (Å²) in [5.74, 6) is -0.673. The Morgan fingerprint density at radius 1 is 0.925 bits per heavy atom. The van der Waals surface area contributed by atoms with Gasteiger partial charge in [0.05, 0.1) is 10.6 Å². The number of halogens is 1. The molecule has 7 nitrogen and oxygen atoms in total. The molecule has 40 heavy (non-hydrogen) atoms. The van der Waals surface area contributed by atoms with Crippen molar-refractivity contribution in [3.8, 4) is 0 Å². The Morgan fingerprint density at radius 3 is 2.20 bits per heavy atom. The second-order valence-corrected chi connectivity index (χ2v) is 13.4. The molecule has 0 spiro atoms. The first-order valence-corrected chi connectivity index (χ1v) is 16.2. The van der Waals surface area contributed by atoms with E-state index in [1.165, 1.54) is 23.5 Å². The second kappa shape index (κ2) is 13.6. The van der Waals surface area contributed by atoms with E-state index in [9.17, 15) is 18.0 Å². The van der Waals surface area contributed by atoms with E-state index in [2.05, 4.69) is 27.9 Å². The zero-order valence-corrected chi connectivity index (χ0v) is 25.9. The van der Waals surface area contributed by atoms with Crippen LogP contribution in [-0.4, -0.2) is 43.8 Å². The van der Waals surface area contributed by atoms with Gasteiger partial charge in [-0.1, -0.05) is 61.7 Å². The Kier molecular flexibility index (Phi) is 10.2. The third kappa shape index (κ3) is 7.42. The summed E-state index contributed by atoms with van der Waals surface area (Å²) in [6.45, 7) is 3.43. The van der Waals surface area contributed by atoms with Crippen molar-refractivity contribution >= 4 is 50.1 Å². The van der Waals surface area contributed by atoms with Gasteiger partial charge in [0, 0.05) is 16.2 Å². The molecule has 0 aliphatic heterocycles. The topological polar surface area (TPSA) is 86.8 Å². The molecular formula is C31H36IN3O4S. The lowest BCUT2D eigenvalue weighted by Crippen LogP contribution is -2.53. The number of nitrogens with one attached hydrogen (secondary N) is 1. The number of benzene rings is 3. The largest absolute Gasteiger partial charge is 0.352 e. The van der Waals surface area contributed by atoms with Crippen molar-refractivity contribution in [2.24, 2.45) is 0 Å². The van der Waals surface area contributed by atoms with Gasteiger partial charge in [0.15, 0.2) is 0 Å². The quantitative estimate of drug-likeness (QED) is 0.282. The molecule has 1 aliphatic rings. The number of aryl methyl sites for hydroxylation is 1. The van der Waals surface area contributed by atoms with Crippen molar-refractivity contribution in [2.75, 3.05) is 10.8 Å². The van der Waals surface area contributed by atoms with Crippen molar-refractivity contribution < 1.29 is 18.0 Å². The molecular weight excluding hydrogens is 637 g/mol. The maximum atomic E-state index is 14.1. The van der Waals surface area contributed by atoms with Gasteiger partial charge in [-0.2, -0.15) is 0 Å². The first-order valence-electron chi connectivity index (χ1n) is 13.6. The van der Waals surface area contributed by atoms with Gasteiger partial charge in [-0.15, -0.1) is 0 Å². The summed E-state index contributed by atoms with van der Waals surface area (Å²) in [5, 5.41) is 3.14. The number of nitrogens with zero attached hydrogens (tertiary/aromatic N) is 2. The molecule has 0 heterocycles. The van der Waals surface area contributed by atoms with Crippen LogP contribution in [0.15, 0.2) is 83.8 Å². The summed E-state index contributed by atoms with van der Waals surface area (Å²) in [7, 11) is -4.06. The first kappa shape index (κ1) is 30.0.